The second-order valence-corrected chi connectivity index (χ2v) is 4.14. The summed E-state index contributed by atoms with van der Waals surface area (Å²) in [5, 5.41) is 7.75. The number of aryl methyl sites for hydroxylation is 1. The predicted octanol–water partition coefficient (Wildman–Crippen LogP) is 1.31. The van der Waals surface area contributed by atoms with Gasteiger partial charge in [0.15, 0.2) is 0 Å². The maximum Gasteiger partial charge on any atom is 0.0831 e. The summed E-state index contributed by atoms with van der Waals surface area (Å²) in [5.74, 6) is 0. The lowest BCUT2D eigenvalue weighted by atomic mass is 10.3. The SMILES string of the molecule is COCCNCc1ccn(-c2cncc(C)c2)n1. The van der Waals surface area contributed by atoms with Gasteiger partial charge < -0.3 is 10.1 Å². The Balaban J connectivity index is 1.97. The van der Waals surface area contributed by atoms with Gasteiger partial charge in [-0.1, -0.05) is 0 Å². The Hall–Kier alpha value is -1.72. The molecule has 0 saturated heterocycles. The number of hydrogen-bond acceptors (Lipinski definition) is 4. The van der Waals surface area contributed by atoms with Crippen LogP contribution in [-0.2, 0) is 11.3 Å². The van der Waals surface area contributed by atoms with E-state index in [4.69, 9.17) is 4.74 Å². The molecule has 5 heteroatoms. The molecule has 5 nitrogen and oxygen atoms in total. The van der Waals surface area contributed by atoms with E-state index in [0.717, 1.165) is 30.0 Å². The molecule has 0 spiro atoms. The molecule has 0 aliphatic heterocycles. The summed E-state index contributed by atoms with van der Waals surface area (Å²) in [6, 6.07) is 4.06. The summed E-state index contributed by atoms with van der Waals surface area (Å²) in [5.41, 5.74) is 3.12. The lowest BCUT2D eigenvalue weighted by Gasteiger charge is -2.02. The highest BCUT2D eigenvalue weighted by atomic mass is 16.5. The van der Waals surface area contributed by atoms with Gasteiger partial charge in [0.1, 0.15) is 0 Å². The van der Waals surface area contributed by atoms with Crippen molar-refractivity contribution in [1.29, 1.82) is 0 Å². The van der Waals surface area contributed by atoms with Crippen LogP contribution in [0.1, 0.15) is 11.3 Å². The van der Waals surface area contributed by atoms with Crippen molar-refractivity contribution in [3.63, 3.8) is 0 Å². The molecular formula is C13H18N4O. The molecule has 0 radical (unpaired) electrons. The molecule has 1 N–H and O–H groups in total. The molecule has 0 atom stereocenters. The largest absolute Gasteiger partial charge is 0.383 e. The van der Waals surface area contributed by atoms with Crippen molar-refractivity contribution >= 4 is 0 Å². The Morgan fingerprint density at radius 2 is 2.28 bits per heavy atom. The van der Waals surface area contributed by atoms with Crippen LogP contribution in [0.5, 0.6) is 0 Å². The average Bonchev–Trinajstić information content (AvgIpc) is 2.83. The van der Waals surface area contributed by atoms with Gasteiger partial charge in [0, 0.05) is 32.6 Å². The monoisotopic (exact) mass is 246 g/mol. The number of methoxy groups -OCH3 is 1. The van der Waals surface area contributed by atoms with Gasteiger partial charge >= 0.3 is 0 Å². The molecule has 0 aromatic carbocycles. The van der Waals surface area contributed by atoms with Crippen LogP contribution in [-0.4, -0.2) is 35.0 Å². The summed E-state index contributed by atoms with van der Waals surface area (Å²) in [6.07, 6.45) is 5.59. The van der Waals surface area contributed by atoms with Gasteiger partial charge in [0.2, 0.25) is 0 Å². The standard InChI is InChI=1S/C13H18N4O/c1-11-7-13(10-15-8-11)17-5-3-12(16-17)9-14-4-6-18-2/h3,5,7-8,10,14H,4,6,9H2,1-2H3. The van der Waals surface area contributed by atoms with E-state index in [1.54, 1.807) is 7.11 Å². The molecule has 0 aliphatic rings. The van der Waals surface area contributed by atoms with Crippen LogP contribution >= 0.6 is 0 Å². The number of pyridine rings is 1. The Morgan fingerprint density at radius 3 is 3.06 bits per heavy atom. The maximum atomic E-state index is 4.97. The van der Waals surface area contributed by atoms with E-state index in [0.29, 0.717) is 6.61 Å². The summed E-state index contributed by atoms with van der Waals surface area (Å²) in [7, 11) is 1.70. The third kappa shape index (κ3) is 3.38. The number of nitrogens with one attached hydrogen (secondary N) is 1. The van der Waals surface area contributed by atoms with Crippen LogP contribution < -0.4 is 5.32 Å². The number of rotatable bonds is 6. The van der Waals surface area contributed by atoms with Crippen LogP contribution in [0.2, 0.25) is 0 Å². The highest BCUT2D eigenvalue weighted by Gasteiger charge is 2.01. The van der Waals surface area contributed by atoms with E-state index >= 15 is 0 Å². The Bertz CT molecular complexity index is 495. The minimum absolute atomic E-state index is 0.711. The van der Waals surface area contributed by atoms with Crippen molar-refractivity contribution in [3.8, 4) is 5.69 Å². The fourth-order valence-corrected chi connectivity index (χ4v) is 1.65. The van der Waals surface area contributed by atoms with Crippen LogP contribution in [0.4, 0.5) is 0 Å². The summed E-state index contributed by atoms with van der Waals surface area (Å²) < 4.78 is 6.81. The number of ether oxygens (including phenoxy) is 1. The van der Waals surface area contributed by atoms with E-state index in [1.807, 2.05) is 36.3 Å². The van der Waals surface area contributed by atoms with Gasteiger partial charge in [-0.15, -0.1) is 0 Å². The Morgan fingerprint density at radius 1 is 1.39 bits per heavy atom. The summed E-state index contributed by atoms with van der Waals surface area (Å²) in [4.78, 5) is 4.16. The molecule has 96 valence electrons. The fraction of sp³-hybridized carbons (Fsp3) is 0.385. The Kier molecular flexibility index (Phi) is 4.44. The van der Waals surface area contributed by atoms with Crippen molar-refractivity contribution in [2.75, 3.05) is 20.3 Å². The van der Waals surface area contributed by atoms with Crippen LogP contribution in [0.3, 0.4) is 0 Å². The first-order chi connectivity index (χ1) is 8.79. The quantitative estimate of drug-likeness (QED) is 0.781. The van der Waals surface area contributed by atoms with Gasteiger partial charge in [-0.05, 0) is 24.6 Å². The third-order valence-corrected chi connectivity index (χ3v) is 2.56. The maximum absolute atomic E-state index is 4.97. The van der Waals surface area contributed by atoms with E-state index in [9.17, 15) is 0 Å². The van der Waals surface area contributed by atoms with E-state index < -0.39 is 0 Å². The molecule has 0 amide bonds. The second-order valence-electron chi connectivity index (χ2n) is 4.14. The van der Waals surface area contributed by atoms with Crippen molar-refractivity contribution in [1.82, 2.24) is 20.1 Å². The minimum Gasteiger partial charge on any atom is -0.383 e. The minimum atomic E-state index is 0.711. The van der Waals surface area contributed by atoms with E-state index in [2.05, 4.69) is 21.5 Å². The lowest BCUT2D eigenvalue weighted by Crippen LogP contribution is -2.18. The molecule has 2 aromatic heterocycles. The zero-order chi connectivity index (χ0) is 12.8. The zero-order valence-corrected chi connectivity index (χ0v) is 10.8. The molecular weight excluding hydrogens is 228 g/mol. The molecule has 0 unspecified atom stereocenters. The molecule has 0 aliphatic carbocycles. The number of aromatic nitrogens is 3. The molecule has 2 heterocycles. The smallest absolute Gasteiger partial charge is 0.0831 e. The average molecular weight is 246 g/mol. The van der Waals surface area contributed by atoms with Gasteiger partial charge in [0.25, 0.3) is 0 Å². The topological polar surface area (TPSA) is 52.0 Å². The first-order valence-corrected chi connectivity index (χ1v) is 5.96. The molecule has 2 rings (SSSR count). The molecule has 0 fully saturated rings. The van der Waals surface area contributed by atoms with Crippen molar-refractivity contribution in [2.24, 2.45) is 0 Å². The fourth-order valence-electron chi connectivity index (χ4n) is 1.65. The van der Waals surface area contributed by atoms with Crippen LogP contribution in [0.15, 0.2) is 30.7 Å². The first kappa shape index (κ1) is 12.7. The molecule has 0 saturated carbocycles. The summed E-state index contributed by atoms with van der Waals surface area (Å²) >= 11 is 0. The van der Waals surface area contributed by atoms with E-state index in [1.165, 1.54) is 0 Å². The van der Waals surface area contributed by atoms with E-state index in [-0.39, 0.29) is 0 Å². The third-order valence-electron chi connectivity index (χ3n) is 2.56. The number of hydrogen-bond donors (Lipinski definition) is 1. The van der Waals surface area contributed by atoms with Gasteiger partial charge in [-0.3, -0.25) is 4.98 Å². The van der Waals surface area contributed by atoms with Crippen molar-refractivity contribution in [2.45, 2.75) is 13.5 Å². The number of nitrogens with zero attached hydrogens (tertiary/aromatic N) is 3. The van der Waals surface area contributed by atoms with Crippen LogP contribution in [0, 0.1) is 6.92 Å². The predicted molar refractivity (Wildman–Crippen MR) is 69.7 cm³/mol. The van der Waals surface area contributed by atoms with Crippen molar-refractivity contribution in [3.05, 3.63) is 42.0 Å². The Labute approximate surface area is 107 Å². The molecule has 2 aromatic rings. The highest BCUT2D eigenvalue weighted by molar-refractivity contribution is 5.30. The van der Waals surface area contributed by atoms with Gasteiger partial charge in [0.05, 0.1) is 24.2 Å². The second kappa shape index (κ2) is 6.28. The van der Waals surface area contributed by atoms with Gasteiger partial charge in [-0.2, -0.15) is 5.10 Å². The highest BCUT2D eigenvalue weighted by Crippen LogP contribution is 2.07. The zero-order valence-electron chi connectivity index (χ0n) is 10.8. The van der Waals surface area contributed by atoms with Crippen molar-refractivity contribution < 1.29 is 4.74 Å². The molecule has 18 heavy (non-hydrogen) atoms. The van der Waals surface area contributed by atoms with Gasteiger partial charge in [-0.25, -0.2) is 4.68 Å². The normalized spacial score (nSPS) is 10.8. The van der Waals surface area contributed by atoms with Crippen LogP contribution in [0.25, 0.3) is 5.69 Å². The summed E-state index contributed by atoms with van der Waals surface area (Å²) in [6.45, 7) is 4.31. The first-order valence-electron chi connectivity index (χ1n) is 5.96. The lowest BCUT2D eigenvalue weighted by molar-refractivity contribution is 0.199. The molecule has 0 bridgehead atoms.